The SMILES string of the molecule is NC(=O)[C@@H]1CCC[N+]1(C(=O)NCCF)C(=O)[C@H](CC1CCCC1)CN(O)C=O. The van der Waals surface area contributed by atoms with Gasteiger partial charge in [-0.05, 0) is 12.3 Å². The molecule has 0 radical (unpaired) electrons. The average molecular weight is 401 g/mol. The molecular formula is C18H30FN4O5+. The van der Waals surface area contributed by atoms with E-state index in [4.69, 9.17) is 5.73 Å². The number of carbonyl (C=O) groups excluding carboxylic acids is 4. The van der Waals surface area contributed by atoms with Crippen LogP contribution in [0.25, 0.3) is 0 Å². The van der Waals surface area contributed by atoms with Gasteiger partial charge in [-0.1, -0.05) is 25.7 Å². The van der Waals surface area contributed by atoms with E-state index in [1.807, 2.05) is 0 Å². The first-order valence-electron chi connectivity index (χ1n) is 9.83. The van der Waals surface area contributed by atoms with E-state index < -0.39 is 41.0 Å². The molecule has 1 saturated heterocycles. The van der Waals surface area contributed by atoms with Crippen molar-refractivity contribution >= 4 is 24.3 Å². The third kappa shape index (κ3) is 4.67. The summed E-state index contributed by atoms with van der Waals surface area (Å²) in [6.45, 7) is -1.26. The Labute approximate surface area is 163 Å². The minimum Gasteiger partial charge on any atom is -0.364 e. The van der Waals surface area contributed by atoms with Crippen molar-refractivity contribution < 1.29 is 33.3 Å². The summed E-state index contributed by atoms with van der Waals surface area (Å²) in [5, 5.41) is 12.5. The highest BCUT2D eigenvalue weighted by Gasteiger charge is 2.58. The highest BCUT2D eigenvalue weighted by atomic mass is 19.1. The molecule has 0 aromatic rings. The summed E-state index contributed by atoms with van der Waals surface area (Å²) >= 11 is 0. The van der Waals surface area contributed by atoms with Crippen LogP contribution in [0, 0.1) is 11.8 Å². The molecule has 1 aliphatic heterocycles. The lowest BCUT2D eigenvalue weighted by molar-refractivity contribution is -0.779. The predicted octanol–water partition coefficient (Wildman–Crippen LogP) is 0.701. The molecule has 1 aliphatic carbocycles. The second kappa shape index (κ2) is 9.92. The first-order valence-corrected chi connectivity index (χ1v) is 9.83. The maximum atomic E-state index is 13.6. The van der Waals surface area contributed by atoms with Gasteiger partial charge < -0.3 is 11.1 Å². The smallest absolute Gasteiger partial charge is 0.364 e. The molecule has 9 nitrogen and oxygen atoms in total. The largest absolute Gasteiger partial charge is 0.424 e. The highest BCUT2D eigenvalue weighted by molar-refractivity contribution is 5.91. The van der Waals surface area contributed by atoms with Gasteiger partial charge in [-0.25, -0.2) is 19.0 Å². The van der Waals surface area contributed by atoms with E-state index in [0.29, 0.717) is 17.9 Å². The Morgan fingerprint density at radius 2 is 1.93 bits per heavy atom. The van der Waals surface area contributed by atoms with Crippen molar-refractivity contribution in [3.63, 3.8) is 0 Å². The molecule has 3 atom stereocenters. The van der Waals surface area contributed by atoms with Crippen LogP contribution in [-0.4, -0.2) is 71.4 Å². The molecule has 4 N–H and O–H groups in total. The van der Waals surface area contributed by atoms with E-state index in [-0.39, 0.29) is 38.4 Å². The molecule has 0 aromatic carbocycles. The number of nitrogens with two attached hydrogens (primary N) is 1. The van der Waals surface area contributed by atoms with Gasteiger partial charge in [0.25, 0.3) is 5.91 Å². The number of nitrogens with zero attached hydrogens (tertiary/aromatic N) is 2. The van der Waals surface area contributed by atoms with Crippen LogP contribution in [0.3, 0.4) is 0 Å². The normalized spacial score (nSPS) is 26.0. The first-order chi connectivity index (χ1) is 13.4. The Hall–Kier alpha value is -2.07. The van der Waals surface area contributed by atoms with Crippen molar-refractivity contribution in [2.45, 2.75) is 51.0 Å². The van der Waals surface area contributed by atoms with Gasteiger partial charge in [-0.15, -0.1) is 0 Å². The number of imide groups is 1. The molecular weight excluding hydrogens is 371 g/mol. The van der Waals surface area contributed by atoms with Gasteiger partial charge in [0.15, 0.2) is 6.04 Å². The lowest BCUT2D eigenvalue weighted by atomic mass is 9.90. The number of rotatable bonds is 9. The second-order valence-electron chi connectivity index (χ2n) is 7.72. The zero-order valence-electron chi connectivity index (χ0n) is 16.0. The molecule has 0 spiro atoms. The zero-order chi connectivity index (χ0) is 20.7. The highest BCUT2D eigenvalue weighted by Crippen LogP contribution is 2.35. The minimum absolute atomic E-state index is 0.0816. The van der Waals surface area contributed by atoms with E-state index in [9.17, 15) is 28.8 Å². The monoisotopic (exact) mass is 401 g/mol. The van der Waals surface area contributed by atoms with E-state index in [1.54, 1.807) is 0 Å². The van der Waals surface area contributed by atoms with Crippen LogP contribution >= 0.6 is 0 Å². The molecule has 2 rings (SSSR count). The average Bonchev–Trinajstić information content (AvgIpc) is 3.34. The molecule has 1 heterocycles. The van der Waals surface area contributed by atoms with Crippen molar-refractivity contribution in [3.8, 4) is 0 Å². The van der Waals surface area contributed by atoms with Gasteiger partial charge in [-0.3, -0.25) is 14.8 Å². The van der Waals surface area contributed by atoms with Crippen molar-refractivity contribution in [1.29, 1.82) is 0 Å². The summed E-state index contributed by atoms with van der Waals surface area (Å²) in [5.74, 6) is -1.89. The van der Waals surface area contributed by atoms with Crippen molar-refractivity contribution in [2.24, 2.45) is 17.6 Å². The lowest BCUT2D eigenvalue weighted by Crippen LogP contribution is -2.68. The van der Waals surface area contributed by atoms with Gasteiger partial charge in [0.1, 0.15) is 6.67 Å². The molecule has 5 amide bonds. The molecule has 0 aromatic heterocycles. The Morgan fingerprint density at radius 3 is 2.50 bits per heavy atom. The van der Waals surface area contributed by atoms with Crippen molar-refractivity contribution in [2.75, 3.05) is 26.3 Å². The second-order valence-corrected chi connectivity index (χ2v) is 7.72. The molecule has 1 unspecified atom stereocenters. The Kier molecular flexibility index (Phi) is 7.88. The number of nitrogens with one attached hydrogen (secondary N) is 1. The quantitative estimate of drug-likeness (QED) is 0.227. The van der Waals surface area contributed by atoms with Crippen LogP contribution < -0.4 is 11.1 Å². The number of alkyl halides is 1. The van der Waals surface area contributed by atoms with Crippen molar-refractivity contribution in [3.05, 3.63) is 0 Å². The molecule has 1 saturated carbocycles. The Balaban J connectivity index is 2.35. The molecule has 28 heavy (non-hydrogen) atoms. The molecule has 2 fully saturated rings. The number of quaternary nitrogens is 1. The summed E-state index contributed by atoms with van der Waals surface area (Å²) in [7, 11) is 0. The Bertz CT molecular complexity index is 599. The fraction of sp³-hybridized carbons (Fsp3) is 0.778. The third-order valence-corrected chi connectivity index (χ3v) is 5.95. The van der Waals surface area contributed by atoms with Gasteiger partial charge in [0.05, 0.1) is 25.6 Å². The molecule has 158 valence electrons. The van der Waals surface area contributed by atoms with Crippen molar-refractivity contribution in [1.82, 2.24) is 10.4 Å². The number of hydrogen-bond acceptors (Lipinski definition) is 5. The number of halogens is 1. The number of hydrogen-bond donors (Lipinski definition) is 3. The van der Waals surface area contributed by atoms with Crippen LogP contribution in [0.1, 0.15) is 44.9 Å². The summed E-state index contributed by atoms with van der Waals surface area (Å²) in [5.41, 5.74) is 5.49. The number of primary amides is 1. The van der Waals surface area contributed by atoms with E-state index in [1.165, 1.54) is 0 Å². The number of hydroxylamine groups is 2. The number of likely N-dealkylation sites (tertiary alicyclic amines) is 1. The Morgan fingerprint density at radius 1 is 1.25 bits per heavy atom. The summed E-state index contributed by atoms with van der Waals surface area (Å²) in [6.07, 6.45) is 5.29. The van der Waals surface area contributed by atoms with Gasteiger partial charge in [-0.2, -0.15) is 4.48 Å². The van der Waals surface area contributed by atoms with E-state index in [0.717, 1.165) is 25.7 Å². The minimum atomic E-state index is -1.04. The molecule has 0 bridgehead atoms. The van der Waals surface area contributed by atoms with Gasteiger partial charge in [0.2, 0.25) is 6.41 Å². The maximum Gasteiger partial charge on any atom is 0.424 e. The first kappa shape index (κ1) is 22.2. The third-order valence-electron chi connectivity index (χ3n) is 5.95. The number of amides is 5. The fourth-order valence-electron chi connectivity index (χ4n) is 4.67. The topological polar surface area (TPSA) is 130 Å². The van der Waals surface area contributed by atoms with Crippen LogP contribution in [0.4, 0.5) is 9.18 Å². The van der Waals surface area contributed by atoms with E-state index in [2.05, 4.69) is 5.32 Å². The van der Waals surface area contributed by atoms with Crippen LogP contribution in [0.2, 0.25) is 0 Å². The standard InChI is InChI=1S/C18H29FN4O5/c19-7-8-21-18(27)23(9-3-6-15(23)16(20)25)17(26)14(11-22(28)12-24)10-13-4-1-2-5-13/h12-15,28H,1-11H2,(H2-,20,21,25,27)/p+1/t14-,15+,23?/m1/s1. The van der Waals surface area contributed by atoms with Gasteiger partial charge in [0, 0.05) is 12.8 Å². The number of carbonyl (C=O) groups is 4. The van der Waals surface area contributed by atoms with Crippen LogP contribution in [-0.2, 0) is 14.4 Å². The predicted molar refractivity (Wildman–Crippen MR) is 96.3 cm³/mol. The zero-order valence-corrected chi connectivity index (χ0v) is 16.0. The fourth-order valence-corrected chi connectivity index (χ4v) is 4.67. The maximum absolute atomic E-state index is 13.6. The lowest BCUT2D eigenvalue weighted by Gasteiger charge is -2.36. The van der Waals surface area contributed by atoms with E-state index >= 15 is 0 Å². The molecule has 2 aliphatic rings. The van der Waals surface area contributed by atoms with Gasteiger partial charge >= 0.3 is 11.9 Å². The molecule has 10 heteroatoms. The number of urea groups is 1. The summed E-state index contributed by atoms with van der Waals surface area (Å²) in [6, 6.07) is -1.79. The van der Waals surface area contributed by atoms with Crippen LogP contribution in [0.15, 0.2) is 0 Å². The summed E-state index contributed by atoms with van der Waals surface area (Å²) < 4.78 is 11.8. The van der Waals surface area contributed by atoms with Crippen LogP contribution in [0.5, 0.6) is 0 Å². The summed E-state index contributed by atoms with van der Waals surface area (Å²) in [4.78, 5) is 49.4.